The van der Waals surface area contributed by atoms with Gasteiger partial charge in [0.05, 0.1) is 17.6 Å². The van der Waals surface area contributed by atoms with E-state index in [1.165, 1.54) is 0 Å². The van der Waals surface area contributed by atoms with Crippen molar-refractivity contribution in [2.45, 2.75) is 20.3 Å². The van der Waals surface area contributed by atoms with Gasteiger partial charge in [-0.15, -0.1) is 0 Å². The van der Waals surface area contributed by atoms with Gasteiger partial charge >= 0.3 is 0 Å². The maximum atomic E-state index is 5.89. The Labute approximate surface area is 90.5 Å². The van der Waals surface area contributed by atoms with Gasteiger partial charge in [-0.05, 0) is 18.9 Å². The molecule has 1 heterocycles. The van der Waals surface area contributed by atoms with Crippen LogP contribution in [0.4, 0.5) is 11.4 Å². The molecule has 0 aliphatic carbocycles. The van der Waals surface area contributed by atoms with Crippen LogP contribution in [0.1, 0.15) is 25.8 Å². The minimum atomic E-state index is 0.525. The van der Waals surface area contributed by atoms with Gasteiger partial charge in [-0.2, -0.15) is 0 Å². The summed E-state index contributed by atoms with van der Waals surface area (Å²) in [6.45, 7) is 4.06. The zero-order valence-electron chi connectivity index (χ0n) is 9.20. The van der Waals surface area contributed by atoms with E-state index < -0.39 is 0 Å². The Bertz CT molecular complexity index is 392. The second kappa shape index (κ2) is 5.20. The van der Waals surface area contributed by atoms with Gasteiger partial charge in [0, 0.05) is 11.8 Å². The van der Waals surface area contributed by atoms with Crippen molar-refractivity contribution in [2.75, 3.05) is 11.5 Å². The lowest BCUT2D eigenvalue weighted by molar-refractivity contribution is 1.22. The molecule has 1 rings (SSSR count). The molecule has 0 atom stereocenters. The Morgan fingerprint density at radius 2 is 2.13 bits per heavy atom. The zero-order chi connectivity index (χ0) is 11.3. The van der Waals surface area contributed by atoms with Gasteiger partial charge in [-0.1, -0.05) is 25.2 Å². The van der Waals surface area contributed by atoms with E-state index in [0.717, 1.165) is 17.6 Å². The van der Waals surface area contributed by atoms with Gasteiger partial charge in [-0.3, -0.25) is 4.98 Å². The molecular weight excluding hydrogens is 186 g/mol. The molecule has 15 heavy (non-hydrogen) atoms. The fourth-order valence-corrected chi connectivity index (χ4v) is 1.30. The highest BCUT2D eigenvalue weighted by Crippen LogP contribution is 2.26. The summed E-state index contributed by atoms with van der Waals surface area (Å²) in [6.07, 6.45) is 10.4. The maximum absolute atomic E-state index is 5.89. The van der Waals surface area contributed by atoms with Crippen molar-refractivity contribution in [3.05, 3.63) is 36.2 Å². The van der Waals surface area contributed by atoms with Crippen LogP contribution in [0.5, 0.6) is 0 Å². The number of allylic oxidation sites excluding steroid dienone is 4. The van der Waals surface area contributed by atoms with Gasteiger partial charge in [0.15, 0.2) is 0 Å². The fourth-order valence-electron chi connectivity index (χ4n) is 1.30. The average Bonchev–Trinajstić information content (AvgIpc) is 2.25. The van der Waals surface area contributed by atoms with E-state index in [4.69, 9.17) is 11.5 Å². The van der Waals surface area contributed by atoms with E-state index in [2.05, 4.69) is 18.0 Å². The van der Waals surface area contributed by atoms with Crippen LogP contribution >= 0.6 is 0 Å². The van der Waals surface area contributed by atoms with Crippen molar-refractivity contribution in [3.63, 3.8) is 0 Å². The molecule has 3 heteroatoms. The minimum Gasteiger partial charge on any atom is -0.396 e. The van der Waals surface area contributed by atoms with Crippen LogP contribution in [0.2, 0.25) is 0 Å². The molecule has 0 aliphatic heterocycles. The Morgan fingerprint density at radius 3 is 2.73 bits per heavy atom. The molecule has 0 radical (unpaired) electrons. The molecule has 1 aromatic rings. The lowest BCUT2D eigenvalue weighted by atomic mass is 10.0. The number of nitrogens with zero attached hydrogens (tertiary/aromatic N) is 1. The molecule has 1 aromatic heterocycles. The number of nitrogen functional groups attached to an aromatic ring is 2. The third kappa shape index (κ3) is 2.59. The van der Waals surface area contributed by atoms with Crippen LogP contribution in [-0.2, 0) is 0 Å². The number of pyridine rings is 1. The molecule has 80 valence electrons. The Balaban J connectivity index is 3.14. The van der Waals surface area contributed by atoms with Crippen molar-refractivity contribution >= 4 is 16.9 Å². The molecule has 0 unspecified atom stereocenters. The van der Waals surface area contributed by atoms with Gasteiger partial charge in [0.25, 0.3) is 0 Å². The first kappa shape index (κ1) is 11.3. The number of anilines is 2. The molecule has 0 amide bonds. The van der Waals surface area contributed by atoms with Crippen LogP contribution in [0, 0.1) is 0 Å². The Morgan fingerprint density at radius 1 is 1.40 bits per heavy atom. The summed E-state index contributed by atoms with van der Waals surface area (Å²) < 4.78 is 0. The van der Waals surface area contributed by atoms with Crippen molar-refractivity contribution < 1.29 is 0 Å². The lowest BCUT2D eigenvalue weighted by Gasteiger charge is -2.07. The third-order valence-electron chi connectivity index (χ3n) is 2.17. The van der Waals surface area contributed by atoms with Gasteiger partial charge in [-0.25, -0.2) is 0 Å². The normalized spacial score (nSPS) is 12.3. The van der Waals surface area contributed by atoms with Crippen molar-refractivity contribution in [3.8, 4) is 0 Å². The summed E-state index contributed by atoms with van der Waals surface area (Å²) in [7, 11) is 0. The molecule has 3 nitrogen and oxygen atoms in total. The van der Waals surface area contributed by atoms with Gasteiger partial charge in [0.1, 0.15) is 0 Å². The highest BCUT2D eigenvalue weighted by Gasteiger charge is 2.05. The summed E-state index contributed by atoms with van der Waals surface area (Å²) in [6, 6.07) is 0. The van der Waals surface area contributed by atoms with Crippen LogP contribution in [0.15, 0.2) is 30.6 Å². The SMILES string of the molecule is C/C=C(\C=C/CC)c1cncc(N)c1N. The van der Waals surface area contributed by atoms with Gasteiger partial charge in [0.2, 0.25) is 0 Å². The molecule has 4 N–H and O–H groups in total. The predicted molar refractivity (Wildman–Crippen MR) is 66.1 cm³/mol. The number of nitrogens with two attached hydrogens (primary N) is 2. The molecule has 0 aromatic carbocycles. The smallest absolute Gasteiger partial charge is 0.0740 e. The Kier molecular flexibility index (Phi) is 3.92. The molecule has 0 spiro atoms. The second-order valence-electron chi connectivity index (χ2n) is 3.24. The fraction of sp³-hybridized carbons (Fsp3) is 0.250. The minimum absolute atomic E-state index is 0.525. The summed E-state index contributed by atoms with van der Waals surface area (Å²) in [5, 5.41) is 0. The monoisotopic (exact) mass is 203 g/mol. The largest absolute Gasteiger partial charge is 0.396 e. The first-order valence-corrected chi connectivity index (χ1v) is 5.02. The molecule has 0 saturated carbocycles. The van der Waals surface area contributed by atoms with Crippen LogP contribution < -0.4 is 11.5 Å². The van der Waals surface area contributed by atoms with Crippen molar-refractivity contribution in [1.82, 2.24) is 4.98 Å². The van der Waals surface area contributed by atoms with E-state index in [1.807, 2.05) is 19.1 Å². The second-order valence-corrected chi connectivity index (χ2v) is 3.24. The zero-order valence-corrected chi connectivity index (χ0v) is 9.20. The summed E-state index contributed by atoms with van der Waals surface area (Å²) in [5.41, 5.74) is 14.7. The average molecular weight is 203 g/mol. The van der Waals surface area contributed by atoms with Crippen LogP contribution in [0.3, 0.4) is 0 Å². The maximum Gasteiger partial charge on any atom is 0.0740 e. The van der Waals surface area contributed by atoms with Gasteiger partial charge < -0.3 is 11.5 Å². The first-order chi connectivity index (χ1) is 7.20. The lowest BCUT2D eigenvalue weighted by Crippen LogP contribution is -2.00. The Hall–Kier alpha value is -1.77. The van der Waals surface area contributed by atoms with Crippen LogP contribution in [0.25, 0.3) is 5.57 Å². The van der Waals surface area contributed by atoms with Crippen molar-refractivity contribution in [1.29, 1.82) is 0 Å². The number of hydrogen-bond acceptors (Lipinski definition) is 3. The third-order valence-corrected chi connectivity index (χ3v) is 2.17. The van der Waals surface area contributed by atoms with E-state index in [0.29, 0.717) is 11.4 Å². The summed E-state index contributed by atoms with van der Waals surface area (Å²) in [4.78, 5) is 4.04. The number of rotatable bonds is 3. The highest BCUT2D eigenvalue weighted by atomic mass is 14.7. The van der Waals surface area contributed by atoms with E-state index in [-0.39, 0.29) is 0 Å². The first-order valence-electron chi connectivity index (χ1n) is 5.02. The topological polar surface area (TPSA) is 64.9 Å². The summed E-state index contributed by atoms with van der Waals surface area (Å²) >= 11 is 0. The highest BCUT2D eigenvalue weighted by molar-refractivity contribution is 5.85. The molecular formula is C12H17N3. The number of hydrogen-bond donors (Lipinski definition) is 2. The van der Waals surface area contributed by atoms with E-state index >= 15 is 0 Å². The quantitative estimate of drug-likeness (QED) is 0.742. The number of aromatic nitrogens is 1. The molecule has 0 aliphatic rings. The molecule has 0 fully saturated rings. The van der Waals surface area contributed by atoms with Crippen LogP contribution in [-0.4, -0.2) is 4.98 Å². The van der Waals surface area contributed by atoms with E-state index in [1.54, 1.807) is 12.4 Å². The standard InChI is InChI=1S/C12H17N3/c1-3-5-6-9(4-2)10-7-15-8-11(13)12(10)14/h4-8H,3,13H2,1-2H3,(H2,14,15)/b6-5-,9-4+. The molecule has 0 saturated heterocycles. The predicted octanol–water partition coefficient (Wildman–Crippen LogP) is 2.62. The summed E-state index contributed by atoms with van der Waals surface area (Å²) in [5.74, 6) is 0. The van der Waals surface area contributed by atoms with Crippen molar-refractivity contribution in [2.24, 2.45) is 0 Å². The molecule has 0 bridgehead atoms. The van der Waals surface area contributed by atoms with E-state index in [9.17, 15) is 0 Å².